The molecule has 0 unspecified atom stereocenters. The second-order valence-electron chi connectivity index (χ2n) is 4.47. The Kier molecular flexibility index (Phi) is 3.98. The second-order valence-corrected chi connectivity index (χ2v) is 4.47. The molecule has 1 amide bonds. The molecule has 1 heterocycles. The topological polar surface area (TPSA) is 54.6 Å². The van der Waals surface area contributed by atoms with Crippen LogP contribution >= 0.6 is 0 Å². The van der Waals surface area contributed by atoms with Crippen molar-refractivity contribution in [1.82, 2.24) is 5.43 Å². The van der Waals surface area contributed by atoms with Crippen molar-refractivity contribution < 1.29 is 13.6 Å². The molecule has 2 aromatic rings. The van der Waals surface area contributed by atoms with Crippen molar-refractivity contribution in [2.24, 2.45) is 5.10 Å². The highest BCUT2D eigenvalue weighted by Crippen LogP contribution is 2.14. The molecular weight excluding hydrogens is 259 g/mol. The minimum atomic E-state index is -0.387. The number of carbonyl (C=O) groups excluding carboxylic acids is 1. The number of nitrogens with zero attached hydrogens (tertiary/aromatic N) is 1. The van der Waals surface area contributed by atoms with Gasteiger partial charge >= 0.3 is 0 Å². The monoisotopic (exact) mass is 274 g/mol. The van der Waals surface area contributed by atoms with Gasteiger partial charge in [0.2, 0.25) is 0 Å². The number of carbonyl (C=O) groups is 1. The third kappa shape index (κ3) is 3.12. The first-order valence-corrected chi connectivity index (χ1v) is 6.15. The van der Waals surface area contributed by atoms with Gasteiger partial charge in [0.05, 0.1) is 5.71 Å². The number of amides is 1. The Hall–Kier alpha value is -2.43. The molecule has 0 bridgehead atoms. The Labute approximate surface area is 116 Å². The summed E-state index contributed by atoms with van der Waals surface area (Å²) in [5.41, 5.74) is 4.29. The van der Waals surface area contributed by atoms with E-state index in [0.717, 1.165) is 17.1 Å². The second kappa shape index (κ2) is 5.69. The van der Waals surface area contributed by atoms with E-state index < -0.39 is 0 Å². The molecule has 0 atom stereocenters. The van der Waals surface area contributed by atoms with Crippen molar-refractivity contribution in [2.75, 3.05) is 0 Å². The summed E-state index contributed by atoms with van der Waals surface area (Å²) in [6.45, 7) is 5.46. The Bertz CT molecular complexity index is 657. The number of nitrogens with one attached hydrogen (secondary N) is 1. The van der Waals surface area contributed by atoms with E-state index in [0.29, 0.717) is 11.3 Å². The van der Waals surface area contributed by atoms with Crippen LogP contribution in [0.15, 0.2) is 39.9 Å². The van der Waals surface area contributed by atoms with Crippen LogP contribution in [0.4, 0.5) is 4.39 Å². The average Bonchev–Trinajstić information content (AvgIpc) is 2.75. The third-order valence-corrected chi connectivity index (χ3v) is 2.86. The largest absolute Gasteiger partial charge is 0.466 e. The molecule has 2 rings (SSSR count). The first-order valence-electron chi connectivity index (χ1n) is 6.15. The molecule has 5 heteroatoms. The summed E-state index contributed by atoms with van der Waals surface area (Å²) >= 11 is 0. The van der Waals surface area contributed by atoms with Gasteiger partial charge in [-0.1, -0.05) is 0 Å². The molecule has 1 aromatic carbocycles. The number of halogens is 1. The molecule has 0 radical (unpaired) electrons. The predicted octanol–water partition coefficient (Wildman–Crippen LogP) is 3.19. The van der Waals surface area contributed by atoms with E-state index in [1.165, 1.54) is 24.3 Å². The van der Waals surface area contributed by atoms with Crippen molar-refractivity contribution >= 4 is 11.6 Å². The summed E-state index contributed by atoms with van der Waals surface area (Å²) in [7, 11) is 0. The van der Waals surface area contributed by atoms with E-state index in [4.69, 9.17) is 4.42 Å². The van der Waals surface area contributed by atoms with E-state index >= 15 is 0 Å². The van der Waals surface area contributed by atoms with E-state index in [2.05, 4.69) is 10.5 Å². The highest BCUT2D eigenvalue weighted by molar-refractivity contribution is 6.01. The maximum Gasteiger partial charge on any atom is 0.271 e. The molecule has 1 aromatic heterocycles. The van der Waals surface area contributed by atoms with Gasteiger partial charge in [0.25, 0.3) is 5.91 Å². The lowest BCUT2D eigenvalue weighted by Crippen LogP contribution is -2.19. The lowest BCUT2D eigenvalue weighted by Gasteiger charge is -2.02. The van der Waals surface area contributed by atoms with Gasteiger partial charge in [-0.15, -0.1) is 0 Å². The van der Waals surface area contributed by atoms with Gasteiger partial charge in [0, 0.05) is 11.1 Å². The first-order chi connectivity index (χ1) is 9.47. The average molecular weight is 274 g/mol. The third-order valence-electron chi connectivity index (χ3n) is 2.86. The molecular formula is C15H15FN2O2. The van der Waals surface area contributed by atoms with Crippen LogP contribution in [0, 0.1) is 19.7 Å². The van der Waals surface area contributed by atoms with Crippen molar-refractivity contribution in [3.05, 3.63) is 58.8 Å². The van der Waals surface area contributed by atoms with E-state index in [1.54, 1.807) is 6.92 Å². The standard InChI is InChI=1S/C15H15FN2O2/c1-9-8-14(11(3)20-9)10(2)17-18-15(19)12-4-6-13(16)7-5-12/h4-8H,1-3H3,(H,18,19)/b17-10-. The van der Waals surface area contributed by atoms with Crippen LogP contribution in [0.3, 0.4) is 0 Å². The van der Waals surface area contributed by atoms with E-state index in [-0.39, 0.29) is 11.7 Å². The van der Waals surface area contributed by atoms with Gasteiger partial charge in [-0.2, -0.15) is 5.10 Å². The molecule has 0 aliphatic rings. The zero-order valence-corrected chi connectivity index (χ0v) is 11.5. The van der Waals surface area contributed by atoms with Crippen LogP contribution in [-0.4, -0.2) is 11.6 Å². The number of hydrazone groups is 1. The van der Waals surface area contributed by atoms with Crippen LogP contribution in [0.25, 0.3) is 0 Å². The summed E-state index contributed by atoms with van der Waals surface area (Å²) in [6.07, 6.45) is 0. The molecule has 4 nitrogen and oxygen atoms in total. The van der Waals surface area contributed by atoms with Gasteiger partial charge in [-0.25, -0.2) is 9.82 Å². The molecule has 0 fully saturated rings. The lowest BCUT2D eigenvalue weighted by atomic mass is 10.2. The highest BCUT2D eigenvalue weighted by Gasteiger charge is 2.09. The highest BCUT2D eigenvalue weighted by atomic mass is 19.1. The Morgan fingerprint density at radius 3 is 2.45 bits per heavy atom. The normalized spacial score (nSPS) is 11.5. The number of benzene rings is 1. The Morgan fingerprint density at radius 1 is 1.25 bits per heavy atom. The number of hydrogen-bond donors (Lipinski definition) is 1. The molecule has 0 spiro atoms. The van der Waals surface area contributed by atoms with Gasteiger partial charge in [0.1, 0.15) is 17.3 Å². The van der Waals surface area contributed by atoms with Gasteiger partial charge in [-0.3, -0.25) is 4.79 Å². The van der Waals surface area contributed by atoms with Gasteiger partial charge in [-0.05, 0) is 51.1 Å². The van der Waals surface area contributed by atoms with Gasteiger partial charge < -0.3 is 4.42 Å². The van der Waals surface area contributed by atoms with E-state index in [9.17, 15) is 9.18 Å². The smallest absolute Gasteiger partial charge is 0.271 e. The summed E-state index contributed by atoms with van der Waals surface area (Å²) in [5, 5.41) is 4.03. The molecule has 104 valence electrons. The van der Waals surface area contributed by atoms with Gasteiger partial charge in [0.15, 0.2) is 0 Å². The number of rotatable bonds is 3. The van der Waals surface area contributed by atoms with Crippen LogP contribution in [-0.2, 0) is 0 Å². The minimum absolute atomic E-state index is 0.350. The van der Waals surface area contributed by atoms with Crippen LogP contribution in [0.1, 0.15) is 34.4 Å². The number of furan rings is 1. The minimum Gasteiger partial charge on any atom is -0.466 e. The Balaban J connectivity index is 2.10. The molecule has 0 aliphatic heterocycles. The zero-order chi connectivity index (χ0) is 14.7. The first kappa shape index (κ1) is 14.0. The maximum atomic E-state index is 12.8. The SMILES string of the molecule is C/C(=N/NC(=O)c1ccc(F)cc1)c1cc(C)oc1C. The van der Waals surface area contributed by atoms with Crippen molar-refractivity contribution in [3.63, 3.8) is 0 Å². The molecule has 1 N–H and O–H groups in total. The van der Waals surface area contributed by atoms with Crippen molar-refractivity contribution in [2.45, 2.75) is 20.8 Å². The summed E-state index contributed by atoms with van der Waals surface area (Å²) in [5.74, 6) is 0.768. The molecule has 0 saturated heterocycles. The van der Waals surface area contributed by atoms with E-state index in [1.807, 2.05) is 19.9 Å². The summed E-state index contributed by atoms with van der Waals surface area (Å²) in [6, 6.07) is 7.13. The molecule has 20 heavy (non-hydrogen) atoms. The number of aryl methyl sites for hydroxylation is 2. The maximum absolute atomic E-state index is 12.8. The number of hydrogen-bond acceptors (Lipinski definition) is 3. The Morgan fingerprint density at radius 2 is 1.90 bits per heavy atom. The fourth-order valence-corrected chi connectivity index (χ4v) is 1.85. The van der Waals surface area contributed by atoms with Crippen LogP contribution in [0.5, 0.6) is 0 Å². The van der Waals surface area contributed by atoms with Crippen LogP contribution in [0.2, 0.25) is 0 Å². The predicted molar refractivity (Wildman–Crippen MR) is 74.3 cm³/mol. The molecule has 0 saturated carbocycles. The quantitative estimate of drug-likeness (QED) is 0.690. The van der Waals surface area contributed by atoms with Crippen molar-refractivity contribution in [1.29, 1.82) is 0 Å². The summed E-state index contributed by atoms with van der Waals surface area (Å²) in [4.78, 5) is 11.8. The molecule has 0 aliphatic carbocycles. The van der Waals surface area contributed by atoms with Crippen molar-refractivity contribution in [3.8, 4) is 0 Å². The summed E-state index contributed by atoms with van der Waals surface area (Å²) < 4.78 is 18.2. The fraction of sp³-hybridized carbons (Fsp3) is 0.200. The van der Waals surface area contributed by atoms with Crippen LogP contribution < -0.4 is 5.43 Å². The zero-order valence-electron chi connectivity index (χ0n) is 11.5. The fourth-order valence-electron chi connectivity index (χ4n) is 1.85. The lowest BCUT2D eigenvalue weighted by molar-refractivity contribution is 0.0955.